The summed E-state index contributed by atoms with van der Waals surface area (Å²) in [5.41, 5.74) is 7.93. The van der Waals surface area contributed by atoms with Crippen molar-refractivity contribution in [3.8, 4) is 0 Å². The van der Waals surface area contributed by atoms with Gasteiger partial charge in [0.05, 0.1) is 0 Å². The van der Waals surface area contributed by atoms with Gasteiger partial charge in [0.15, 0.2) is 0 Å². The Bertz CT molecular complexity index is 109. The van der Waals surface area contributed by atoms with Gasteiger partial charge in [0.1, 0.15) is 0 Å². The van der Waals surface area contributed by atoms with Gasteiger partial charge in [0.2, 0.25) is 0 Å². The van der Waals surface area contributed by atoms with Crippen molar-refractivity contribution in [1.82, 2.24) is 5.73 Å². The fraction of sp³-hybridized carbons (Fsp3) is 1.00. The Morgan fingerprint density at radius 2 is 1.00 bits per heavy atom. The summed E-state index contributed by atoms with van der Waals surface area (Å²) in [6.07, 6.45) is 15.7. The lowest BCUT2D eigenvalue weighted by Crippen LogP contribution is -2.08. The molecule has 16 heavy (non-hydrogen) atoms. The molecule has 0 rings (SSSR count). The number of hydrogen-bond acceptors (Lipinski definition) is 0. The van der Waals surface area contributed by atoms with Crippen LogP contribution in [0.2, 0.25) is 0 Å². The van der Waals surface area contributed by atoms with Crippen molar-refractivity contribution in [2.24, 2.45) is 0 Å². The first kappa shape index (κ1) is 16.0. The molecule has 0 aliphatic rings. The minimum Gasteiger partial charge on any atom is -0.255 e. The Labute approximate surface area is 103 Å². The van der Waals surface area contributed by atoms with Gasteiger partial charge < -0.3 is 0 Å². The van der Waals surface area contributed by atoms with Crippen molar-refractivity contribution in [1.29, 1.82) is 0 Å². The minimum atomic E-state index is 0.225. The molecule has 0 saturated carbocycles. The van der Waals surface area contributed by atoms with E-state index < -0.39 is 0 Å². The second-order valence-corrected chi connectivity index (χ2v) is 5.10. The van der Waals surface area contributed by atoms with Crippen LogP contribution in [0.1, 0.15) is 90.9 Å². The van der Waals surface area contributed by atoms with Crippen LogP contribution in [0.3, 0.4) is 0 Å². The summed E-state index contributed by atoms with van der Waals surface area (Å²) in [5.74, 6) is 0. The van der Waals surface area contributed by atoms with Crippen molar-refractivity contribution in [2.45, 2.75) is 96.9 Å². The van der Waals surface area contributed by atoms with Crippen LogP contribution in [0.25, 0.3) is 0 Å². The maximum atomic E-state index is 7.93. The minimum absolute atomic E-state index is 0.225. The van der Waals surface area contributed by atoms with Crippen molar-refractivity contribution in [3.63, 3.8) is 0 Å². The topological polar surface area (TPSA) is 23.8 Å². The molecule has 0 heterocycles. The third-order valence-corrected chi connectivity index (χ3v) is 3.31. The first-order valence-corrected chi connectivity index (χ1v) is 7.52. The standard InChI is InChI=1S/C15H32N/c1-3-5-7-9-11-13-15(16)14-12-10-8-6-4-2/h15-16H,3-14H2,1-2H3. The predicted molar refractivity (Wildman–Crippen MR) is 73.6 cm³/mol. The van der Waals surface area contributed by atoms with Gasteiger partial charge in [-0.05, 0) is 12.8 Å². The summed E-state index contributed by atoms with van der Waals surface area (Å²) in [6, 6.07) is 0.225. The van der Waals surface area contributed by atoms with E-state index in [1.807, 2.05) is 0 Å². The maximum absolute atomic E-state index is 7.93. The molecule has 0 atom stereocenters. The third-order valence-electron chi connectivity index (χ3n) is 3.31. The van der Waals surface area contributed by atoms with E-state index in [2.05, 4.69) is 13.8 Å². The number of unbranched alkanes of at least 4 members (excludes halogenated alkanes) is 8. The second-order valence-electron chi connectivity index (χ2n) is 5.10. The molecule has 0 aromatic rings. The molecule has 0 unspecified atom stereocenters. The average Bonchev–Trinajstić information content (AvgIpc) is 2.28. The lowest BCUT2D eigenvalue weighted by molar-refractivity contribution is 0.478. The number of nitrogens with one attached hydrogen (secondary N) is 1. The zero-order valence-corrected chi connectivity index (χ0v) is 11.6. The summed E-state index contributed by atoms with van der Waals surface area (Å²) in [7, 11) is 0. The molecule has 0 aromatic heterocycles. The highest BCUT2D eigenvalue weighted by Crippen LogP contribution is 2.12. The van der Waals surface area contributed by atoms with E-state index in [4.69, 9.17) is 5.73 Å². The Kier molecular flexibility index (Phi) is 13.0. The summed E-state index contributed by atoms with van der Waals surface area (Å²) in [6.45, 7) is 4.51. The van der Waals surface area contributed by atoms with E-state index in [0.717, 1.165) is 12.8 Å². The van der Waals surface area contributed by atoms with E-state index in [9.17, 15) is 0 Å². The molecule has 1 heteroatoms. The van der Waals surface area contributed by atoms with Crippen molar-refractivity contribution >= 4 is 0 Å². The second kappa shape index (κ2) is 13.0. The highest BCUT2D eigenvalue weighted by molar-refractivity contribution is 4.61. The highest BCUT2D eigenvalue weighted by Gasteiger charge is 2.02. The molecule has 1 radical (unpaired) electrons. The van der Waals surface area contributed by atoms with Crippen molar-refractivity contribution in [3.05, 3.63) is 0 Å². The highest BCUT2D eigenvalue weighted by atomic mass is 14.6. The monoisotopic (exact) mass is 226 g/mol. The van der Waals surface area contributed by atoms with Crippen LogP contribution in [0.15, 0.2) is 0 Å². The Morgan fingerprint density at radius 1 is 0.625 bits per heavy atom. The van der Waals surface area contributed by atoms with Gasteiger partial charge in [0.25, 0.3) is 0 Å². The Morgan fingerprint density at radius 3 is 1.38 bits per heavy atom. The lowest BCUT2D eigenvalue weighted by atomic mass is 10.0. The summed E-state index contributed by atoms with van der Waals surface area (Å²) < 4.78 is 0. The summed E-state index contributed by atoms with van der Waals surface area (Å²) in [4.78, 5) is 0. The Balaban J connectivity index is 3.09. The molecule has 97 valence electrons. The fourth-order valence-corrected chi connectivity index (χ4v) is 2.13. The van der Waals surface area contributed by atoms with Gasteiger partial charge in [-0.2, -0.15) is 0 Å². The normalized spacial score (nSPS) is 11.2. The molecule has 0 amide bonds. The van der Waals surface area contributed by atoms with Crippen molar-refractivity contribution < 1.29 is 0 Å². The smallest absolute Gasteiger partial charge is 0.0213 e. The third kappa shape index (κ3) is 12.0. The van der Waals surface area contributed by atoms with Gasteiger partial charge >= 0.3 is 0 Å². The largest absolute Gasteiger partial charge is 0.255 e. The van der Waals surface area contributed by atoms with E-state index >= 15 is 0 Å². The molecule has 0 aliphatic heterocycles. The molecular weight excluding hydrogens is 194 g/mol. The summed E-state index contributed by atoms with van der Waals surface area (Å²) in [5, 5.41) is 0. The molecule has 0 fully saturated rings. The van der Waals surface area contributed by atoms with Gasteiger partial charge in [-0.15, -0.1) is 0 Å². The van der Waals surface area contributed by atoms with E-state index in [1.165, 1.54) is 64.2 Å². The molecule has 0 saturated heterocycles. The Hall–Kier alpha value is -0.0400. The zero-order chi connectivity index (χ0) is 12.1. The molecule has 0 aliphatic carbocycles. The van der Waals surface area contributed by atoms with Gasteiger partial charge in [-0.25, -0.2) is 0 Å². The van der Waals surface area contributed by atoms with Crippen LogP contribution in [0.4, 0.5) is 0 Å². The molecular formula is C15H32N. The quantitative estimate of drug-likeness (QED) is 0.400. The van der Waals surface area contributed by atoms with E-state index in [1.54, 1.807) is 0 Å². The van der Waals surface area contributed by atoms with Gasteiger partial charge in [-0.1, -0.05) is 78.1 Å². The summed E-state index contributed by atoms with van der Waals surface area (Å²) >= 11 is 0. The first-order valence-electron chi connectivity index (χ1n) is 7.52. The van der Waals surface area contributed by atoms with Crippen LogP contribution in [-0.4, -0.2) is 6.04 Å². The molecule has 1 nitrogen and oxygen atoms in total. The molecule has 0 bridgehead atoms. The van der Waals surface area contributed by atoms with Crippen LogP contribution in [0, 0.1) is 0 Å². The number of hydrogen-bond donors (Lipinski definition) is 0. The van der Waals surface area contributed by atoms with E-state index in [0.29, 0.717) is 0 Å². The fourth-order valence-electron chi connectivity index (χ4n) is 2.13. The van der Waals surface area contributed by atoms with Gasteiger partial charge in [0, 0.05) is 6.04 Å². The van der Waals surface area contributed by atoms with E-state index in [-0.39, 0.29) is 6.04 Å². The van der Waals surface area contributed by atoms with Gasteiger partial charge in [-0.3, -0.25) is 5.73 Å². The molecule has 0 aromatic carbocycles. The van der Waals surface area contributed by atoms with Crippen LogP contribution in [-0.2, 0) is 0 Å². The average molecular weight is 226 g/mol. The number of rotatable bonds is 12. The first-order chi connectivity index (χ1) is 7.81. The van der Waals surface area contributed by atoms with Crippen LogP contribution < -0.4 is 5.73 Å². The zero-order valence-electron chi connectivity index (χ0n) is 11.6. The SMILES string of the molecule is CCCCCCCC([NH])CCCCCCC. The maximum Gasteiger partial charge on any atom is 0.0213 e. The molecule has 0 spiro atoms. The van der Waals surface area contributed by atoms with Crippen LogP contribution in [0.5, 0.6) is 0 Å². The van der Waals surface area contributed by atoms with Crippen LogP contribution >= 0.6 is 0 Å². The predicted octanol–water partition coefficient (Wildman–Crippen LogP) is 5.36. The lowest BCUT2D eigenvalue weighted by Gasteiger charge is -2.09. The molecule has 1 N–H and O–H groups in total. The van der Waals surface area contributed by atoms with Crippen molar-refractivity contribution in [2.75, 3.05) is 0 Å².